The van der Waals surface area contributed by atoms with Gasteiger partial charge in [0.15, 0.2) is 0 Å². The number of rotatable bonds is 3. The molecule has 1 fully saturated rings. The number of fused-ring (bicyclic) bond motifs is 2. The minimum absolute atomic E-state index is 0.0491. The maximum atomic E-state index is 13.3. The molecule has 0 unspecified atom stereocenters. The van der Waals surface area contributed by atoms with E-state index in [9.17, 15) is 4.39 Å². The lowest BCUT2D eigenvalue weighted by Gasteiger charge is -2.16. The number of imidazole rings is 1. The summed E-state index contributed by atoms with van der Waals surface area (Å²) in [7, 11) is 0. The highest BCUT2D eigenvalue weighted by molar-refractivity contribution is 5.79. The Bertz CT molecular complexity index is 1370. The summed E-state index contributed by atoms with van der Waals surface area (Å²) in [6.45, 7) is 0. The summed E-state index contributed by atoms with van der Waals surface area (Å²) < 4.78 is 15.4. The molecule has 1 saturated carbocycles. The first-order valence-electron chi connectivity index (χ1n) is 9.68. The quantitative estimate of drug-likeness (QED) is 0.434. The van der Waals surface area contributed by atoms with Crippen LogP contribution in [0.15, 0.2) is 79.4 Å². The third-order valence-electron chi connectivity index (χ3n) is 5.94. The Morgan fingerprint density at radius 3 is 2.52 bits per heavy atom. The Morgan fingerprint density at radius 1 is 0.862 bits per heavy atom. The lowest BCUT2D eigenvalue weighted by atomic mass is 9.91. The van der Waals surface area contributed by atoms with Crippen LogP contribution in [0.3, 0.4) is 0 Å². The molecule has 1 aliphatic carbocycles. The van der Waals surface area contributed by atoms with Gasteiger partial charge < -0.3 is 0 Å². The first-order valence-corrected chi connectivity index (χ1v) is 9.68. The van der Waals surface area contributed by atoms with Crippen LogP contribution in [0, 0.1) is 5.82 Å². The van der Waals surface area contributed by atoms with Crippen molar-refractivity contribution in [2.45, 2.75) is 18.3 Å². The fraction of sp³-hybridized carbons (Fsp3) is 0.125. The molecule has 29 heavy (non-hydrogen) atoms. The van der Waals surface area contributed by atoms with Crippen molar-refractivity contribution in [2.24, 2.45) is 0 Å². The van der Waals surface area contributed by atoms with Crippen molar-refractivity contribution in [3.05, 3.63) is 96.5 Å². The standard InChI is InChI=1S/C24H17FN4/c25-20-6-3-16(4-7-20)18-13-27-23-28-14-22(29(23)15-18)24(9-10-24)19-5-8-21-17(12-19)2-1-11-26-21/h1-8,11-15H,9-10H2. The van der Waals surface area contributed by atoms with Crippen molar-refractivity contribution in [1.82, 2.24) is 19.4 Å². The zero-order chi connectivity index (χ0) is 19.4. The average Bonchev–Trinajstić information content (AvgIpc) is 3.46. The first-order chi connectivity index (χ1) is 14.2. The molecule has 5 heteroatoms. The number of hydrogen-bond acceptors (Lipinski definition) is 3. The summed E-state index contributed by atoms with van der Waals surface area (Å²) in [5, 5.41) is 1.15. The minimum Gasteiger partial charge on any atom is -0.287 e. The fourth-order valence-corrected chi connectivity index (χ4v) is 4.21. The summed E-state index contributed by atoms with van der Waals surface area (Å²) in [6.07, 6.45) is 9.76. The van der Waals surface area contributed by atoms with Crippen LogP contribution in [0.1, 0.15) is 24.1 Å². The Balaban J connectivity index is 1.49. The van der Waals surface area contributed by atoms with Crippen LogP contribution in [0.25, 0.3) is 27.8 Å². The van der Waals surface area contributed by atoms with Crippen molar-refractivity contribution < 1.29 is 4.39 Å². The average molecular weight is 380 g/mol. The highest BCUT2D eigenvalue weighted by atomic mass is 19.1. The predicted molar refractivity (Wildman–Crippen MR) is 110 cm³/mol. The molecule has 140 valence electrons. The van der Waals surface area contributed by atoms with Crippen LogP contribution in [0.4, 0.5) is 4.39 Å². The molecule has 3 heterocycles. The molecule has 0 radical (unpaired) electrons. The van der Waals surface area contributed by atoms with Gasteiger partial charge in [0.2, 0.25) is 5.78 Å². The van der Waals surface area contributed by atoms with Gasteiger partial charge in [-0.3, -0.25) is 9.38 Å². The Labute approximate surface area is 166 Å². The third-order valence-corrected chi connectivity index (χ3v) is 5.94. The van der Waals surface area contributed by atoms with Gasteiger partial charge in [-0.15, -0.1) is 0 Å². The van der Waals surface area contributed by atoms with Crippen molar-refractivity contribution in [2.75, 3.05) is 0 Å². The number of aromatic nitrogens is 4. The maximum Gasteiger partial charge on any atom is 0.233 e. The van der Waals surface area contributed by atoms with Gasteiger partial charge in [-0.1, -0.05) is 24.3 Å². The summed E-state index contributed by atoms with van der Waals surface area (Å²) in [6, 6.07) is 17.1. The number of pyridine rings is 1. The van der Waals surface area contributed by atoms with E-state index in [0.29, 0.717) is 5.78 Å². The maximum absolute atomic E-state index is 13.3. The molecule has 3 aromatic heterocycles. The first kappa shape index (κ1) is 16.4. The summed E-state index contributed by atoms with van der Waals surface area (Å²) in [5.74, 6) is 0.438. The van der Waals surface area contributed by atoms with Crippen LogP contribution in [-0.4, -0.2) is 19.4 Å². The van der Waals surface area contributed by atoms with Gasteiger partial charge in [0.05, 0.1) is 17.4 Å². The van der Waals surface area contributed by atoms with E-state index < -0.39 is 0 Å². The van der Waals surface area contributed by atoms with Crippen LogP contribution in [0.5, 0.6) is 0 Å². The van der Waals surface area contributed by atoms with Crippen molar-refractivity contribution in [3.63, 3.8) is 0 Å². The van der Waals surface area contributed by atoms with E-state index in [1.54, 1.807) is 18.3 Å². The van der Waals surface area contributed by atoms with Gasteiger partial charge in [0, 0.05) is 35.0 Å². The van der Waals surface area contributed by atoms with Crippen molar-refractivity contribution >= 4 is 16.7 Å². The molecule has 0 amide bonds. The number of benzene rings is 2. The van der Waals surface area contributed by atoms with Crippen LogP contribution < -0.4 is 0 Å². The molecule has 1 aliphatic rings. The number of halogens is 1. The summed E-state index contributed by atoms with van der Waals surface area (Å²) >= 11 is 0. The second kappa shape index (κ2) is 5.95. The highest BCUT2D eigenvalue weighted by Crippen LogP contribution is 2.53. The van der Waals surface area contributed by atoms with E-state index in [1.165, 1.54) is 17.7 Å². The van der Waals surface area contributed by atoms with Crippen LogP contribution in [-0.2, 0) is 5.41 Å². The molecule has 6 rings (SSSR count). The minimum atomic E-state index is -0.242. The second-order valence-corrected chi connectivity index (χ2v) is 7.66. The van der Waals surface area contributed by atoms with E-state index in [-0.39, 0.29) is 11.2 Å². The highest BCUT2D eigenvalue weighted by Gasteiger charge is 2.48. The summed E-state index contributed by atoms with van der Waals surface area (Å²) in [4.78, 5) is 13.5. The molecule has 0 aliphatic heterocycles. The van der Waals surface area contributed by atoms with Crippen molar-refractivity contribution in [1.29, 1.82) is 0 Å². The van der Waals surface area contributed by atoms with Crippen molar-refractivity contribution in [3.8, 4) is 11.1 Å². The third kappa shape index (κ3) is 2.54. The Hall–Kier alpha value is -3.60. The molecule has 0 spiro atoms. The van der Waals surface area contributed by atoms with Crippen LogP contribution in [0.2, 0.25) is 0 Å². The summed E-state index contributed by atoms with van der Waals surface area (Å²) in [5.41, 5.74) is 5.26. The molecule has 4 nitrogen and oxygen atoms in total. The van der Waals surface area contributed by atoms with E-state index in [2.05, 4.69) is 49.8 Å². The van der Waals surface area contributed by atoms with Gasteiger partial charge in [-0.05, 0) is 54.3 Å². The SMILES string of the molecule is Fc1ccc(-c2cnc3ncc(C4(c5ccc6ncccc6c5)CC4)n3c2)cc1. The Kier molecular flexibility index (Phi) is 3.36. The van der Waals surface area contributed by atoms with E-state index >= 15 is 0 Å². The lowest BCUT2D eigenvalue weighted by molar-refractivity contribution is 0.628. The molecule has 0 saturated heterocycles. The fourth-order valence-electron chi connectivity index (χ4n) is 4.21. The second-order valence-electron chi connectivity index (χ2n) is 7.66. The molecule has 0 atom stereocenters. The van der Waals surface area contributed by atoms with E-state index in [0.717, 1.165) is 40.6 Å². The predicted octanol–water partition coefficient (Wildman–Crippen LogP) is 5.16. The van der Waals surface area contributed by atoms with Crippen LogP contribution >= 0.6 is 0 Å². The molecule has 5 aromatic rings. The number of nitrogens with zero attached hydrogens (tertiary/aromatic N) is 4. The molecule has 2 aromatic carbocycles. The topological polar surface area (TPSA) is 43.1 Å². The van der Waals surface area contributed by atoms with Gasteiger partial charge in [-0.25, -0.2) is 14.4 Å². The molecule has 0 bridgehead atoms. The smallest absolute Gasteiger partial charge is 0.233 e. The monoisotopic (exact) mass is 380 g/mol. The van der Waals surface area contributed by atoms with E-state index in [4.69, 9.17) is 0 Å². The zero-order valence-corrected chi connectivity index (χ0v) is 15.6. The lowest BCUT2D eigenvalue weighted by Crippen LogP contribution is -2.12. The molecular weight excluding hydrogens is 363 g/mol. The van der Waals surface area contributed by atoms with Gasteiger partial charge in [-0.2, -0.15) is 0 Å². The van der Waals surface area contributed by atoms with Gasteiger partial charge >= 0.3 is 0 Å². The van der Waals surface area contributed by atoms with Gasteiger partial charge in [0.1, 0.15) is 5.82 Å². The molecular formula is C24H17FN4. The van der Waals surface area contributed by atoms with Gasteiger partial charge in [0.25, 0.3) is 0 Å². The molecule has 0 N–H and O–H groups in total. The largest absolute Gasteiger partial charge is 0.287 e. The van der Waals surface area contributed by atoms with E-state index in [1.807, 2.05) is 18.5 Å². The normalized spacial score (nSPS) is 15.1. The Morgan fingerprint density at radius 2 is 1.69 bits per heavy atom. The zero-order valence-electron chi connectivity index (χ0n) is 15.6. The number of hydrogen-bond donors (Lipinski definition) is 0.